The molecule has 0 atom stereocenters. The Morgan fingerprint density at radius 2 is 1.60 bits per heavy atom. The maximum atomic E-state index is 10.1. The molecule has 0 aromatic heterocycles. The zero-order valence-electron chi connectivity index (χ0n) is 13.0. The highest BCUT2D eigenvalue weighted by atomic mass is 35.5. The normalized spacial score (nSPS) is 21.3. The monoisotopic (exact) mass is 296 g/mol. The Hall–Kier alpha value is -0.545. The van der Waals surface area contributed by atoms with Crippen LogP contribution in [-0.2, 0) is 14.9 Å². The van der Waals surface area contributed by atoms with Gasteiger partial charge in [-0.25, -0.2) is 0 Å². The molecule has 1 aliphatic heterocycles. The van der Waals surface area contributed by atoms with Gasteiger partial charge in [0.05, 0.1) is 16.8 Å². The molecule has 0 amide bonds. The zero-order valence-corrected chi connectivity index (χ0v) is 13.7. The van der Waals surface area contributed by atoms with Gasteiger partial charge in [-0.3, -0.25) is 0 Å². The van der Waals surface area contributed by atoms with Crippen molar-refractivity contribution < 1.29 is 14.4 Å². The molecule has 0 aliphatic carbocycles. The second-order valence-corrected chi connectivity index (χ2v) is 7.29. The highest BCUT2D eigenvalue weighted by Gasteiger charge is 2.52. The molecule has 1 aliphatic rings. The first-order valence-corrected chi connectivity index (χ1v) is 7.20. The summed E-state index contributed by atoms with van der Waals surface area (Å²) in [5, 5.41) is 10.7. The number of benzene rings is 1. The van der Waals surface area contributed by atoms with Crippen molar-refractivity contribution in [3.8, 4) is 0 Å². The summed E-state index contributed by atoms with van der Waals surface area (Å²) in [4.78, 5) is 0. The van der Waals surface area contributed by atoms with Crippen molar-refractivity contribution in [1.82, 2.24) is 0 Å². The van der Waals surface area contributed by atoms with E-state index in [2.05, 4.69) is 0 Å². The van der Waals surface area contributed by atoms with Gasteiger partial charge in [0.15, 0.2) is 0 Å². The van der Waals surface area contributed by atoms with E-state index in [0.717, 1.165) is 11.0 Å². The van der Waals surface area contributed by atoms with Crippen LogP contribution in [-0.4, -0.2) is 23.4 Å². The third-order valence-corrected chi connectivity index (χ3v) is 4.55. The van der Waals surface area contributed by atoms with Gasteiger partial charge >= 0.3 is 7.12 Å². The van der Waals surface area contributed by atoms with Crippen molar-refractivity contribution in [3.05, 3.63) is 28.8 Å². The van der Waals surface area contributed by atoms with Crippen molar-refractivity contribution in [2.75, 3.05) is 0 Å². The predicted molar refractivity (Wildman–Crippen MR) is 82.4 cm³/mol. The maximum Gasteiger partial charge on any atom is 0.496 e. The number of hydrogen-bond acceptors (Lipinski definition) is 3. The highest BCUT2D eigenvalue weighted by molar-refractivity contribution is 6.65. The van der Waals surface area contributed by atoms with Crippen LogP contribution < -0.4 is 5.46 Å². The number of hydrogen-bond donors (Lipinski definition) is 1. The largest absolute Gasteiger partial charge is 0.496 e. The van der Waals surface area contributed by atoms with Crippen molar-refractivity contribution in [2.45, 2.75) is 58.3 Å². The molecule has 1 N–H and O–H groups in total. The number of rotatable bonds is 2. The van der Waals surface area contributed by atoms with E-state index in [-0.39, 0.29) is 0 Å². The lowest BCUT2D eigenvalue weighted by atomic mass is 9.77. The molecule has 0 unspecified atom stereocenters. The van der Waals surface area contributed by atoms with E-state index >= 15 is 0 Å². The summed E-state index contributed by atoms with van der Waals surface area (Å²) >= 11 is 6.27. The van der Waals surface area contributed by atoms with Gasteiger partial charge in [0.1, 0.15) is 0 Å². The molecule has 2 rings (SSSR count). The van der Waals surface area contributed by atoms with Crippen LogP contribution in [0.1, 0.15) is 47.1 Å². The molecule has 1 heterocycles. The lowest BCUT2D eigenvalue weighted by molar-refractivity contribution is 0.00578. The minimum atomic E-state index is -0.928. The van der Waals surface area contributed by atoms with E-state index in [1.807, 2.05) is 39.8 Å². The molecule has 1 saturated heterocycles. The summed E-state index contributed by atoms with van der Waals surface area (Å²) < 4.78 is 12.0. The molecule has 1 aromatic rings. The molecule has 0 bridgehead atoms. The van der Waals surface area contributed by atoms with Gasteiger partial charge in [-0.2, -0.15) is 0 Å². The summed E-state index contributed by atoms with van der Waals surface area (Å²) in [5.41, 5.74) is -0.211. The predicted octanol–water partition coefficient (Wildman–Crippen LogP) is 2.87. The first-order chi connectivity index (χ1) is 8.94. The maximum absolute atomic E-state index is 10.1. The number of halogens is 1. The fourth-order valence-electron chi connectivity index (χ4n) is 2.07. The van der Waals surface area contributed by atoms with Crippen LogP contribution in [0.4, 0.5) is 0 Å². The molecule has 20 heavy (non-hydrogen) atoms. The third-order valence-electron chi connectivity index (χ3n) is 4.21. The number of aliphatic hydroxyl groups is 1. The van der Waals surface area contributed by atoms with E-state index in [1.54, 1.807) is 19.9 Å². The molecule has 0 radical (unpaired) electrons. The second-order valence-electron chi connectivity index (χ2n) is 6.88. The Labute approximate surface area is 126 Å². The molecular formula is C15H22BClO3. The Morgan fingerprint density at radius 3 is 2.05 bits per heavy atom. The van der Waals surface area contributed by atoms with Crippen LogP contribution >= 0.6 is 11.6 Å². The van der Waals surface area contributed by atoms with Gasteiger partial charge < -0.3 is 14.4 Å². The van der Waals surface area contributed by atoms with E-state index in [9.17, 15) is 5.11 Å². The lowest BCUT2D eigenvalue weighted by Gasteiger charge is -2.32. The van der Waals surface area contributed by atoms with Gasteiger partial charge in [-0.15, -0.1) is 0 Å². The first-order valence-electron chi connectivity index (χ1n) is 6.82. The zero-order chi connectivity index (χ0) is 15.3. The minimum Gasteiger partial charge on any atom is -0.399 e. The Balaban J connectivity index is 2.40. The van der Waals surface area contributed by atoms with Crippen molar-refractivity contribution >= 4 is 24.2 Å². The summed E-state index contributed by atoms with van der Waals surface area (Å²) in [6, 6.07) is 5.44. The van der Waals surface area contributed by atoms with Gasteiger partial charge in [0.2, 0.25) is 0 Å². The topological polar surface area (TPSA) is 38.7 Å². The molecule has 1 aromatic carbocycles. The SMILES string of the molecule is CC(C)(O)c1ccc(Cl)c(B2OC(C)(C)C(C)(C)O2)c1. The standard InChI is InChI=1S/C15H22BClO3/c1-13(2,18)10-7-8-12(17)11(9-10)16-19-14(3,4)15(5,6)20-16/h7-9,18H,1-6H3. The minimum absolute atomic E-state index is 0.411. The van der Waals surface area contributed by atoms with E-state index in [4.69, 9.17) is 20.9 Å². The van der Waals surface area contributed by atoms with E-state index in [0.29, 0.717) is 5.02 Å². The smallest absolute Gasteiger partial charge is 0.399 e. The van der Waals surface area contributed by atoms with Crippen molar-refractivity contribution in [3.63, 3.8) is 0 Å². The lowest BCUT2D eigenvalue weighted by Crippen LogP contribution is -2.41. The summed E-state index contributed by atoms with van der Waals surface area (Å²) in [5.74, 6) is 0. The Kier molecular flexibility index (Phi) is 3.75. The molecule has 0 saturated carbocycles. The molecule has 3 nitrogen and oxygen atoms in total. The first kappa shape index (κ1) is 15.8. The fourth-order valence-corrected chi connectivity index (χ4v) is 2.28. The van der Waals surface area contributed by atoms with Gasteiger partial charge in [-0.1, -0.05) is 23.7 Å². The average Bonchev–Trinajstić information content (AvgIpc) is 2.46. The summed E-state index contributed by atoms with van der Waals surface area (Å²) in [6.07, 6.45) is 0. The average molecular weight is 297 g/mol. The van der Waals surface area contributed by atoms with E-state index < -0.39 is 23.9 Å². The van der Waals surface area contributed by atoms with Crippen LogP contribution in [0.15, 0.2) is 18.2 Å². The van der Waals surface area contributed by atoms with Crippen LogP contribution in [0.3, 0.4) is 0 Å². The van der Waals surface area contributed by atoms with Crippen molar-refractivity contribution in [2.24, 2.45) is 0 Å². The Bertz CT molecular complexity index is 504. The van der Waals surface area contributed by atoms with Crippen LogP contribution in [0, 0.1) is 0 Å². The molecule has 5 heteroatoms. The van der Waals surface area contributed by atoms with Gasteiger partial charge in [0.25, 0.3) is 0 Å². The molecule has 1 fully saturated rings. The molecule has 110 valence electrons. The van der Waals surface area contributed by atoms with Crippen LogP contribution in [0.2, 0.25) is 5.02 Å². The molecule has 0 spiro atoms. The third kappa shape index (κ3) is 2.75. The summed E-state index contributed by atoms with van der Waals surface area (Å²) in [6.45, 7) is 11.5. The highest BCUT2D eigenvalue weighted by Crippen LogP contribution is 2.37. The molecular weight excluding hydrogens is 274 g/mol. The Morgan fingerprint density at radius 1 is 1.10 bits per heavy atom. The van der Waals surface area contributed by atoms with Gasteiger partial charge in [-0.05, 0) is 53.2 Å². The second kappa shape index (κ2) is 4.74. The van der Waals surface area contributed by atoms with Crippen molar-refractivity contribution in [1.29, 1.82) is 0 Å². The summed E-state index contributed by atoms with van der Waals surface area (Å²) in [7, 11) is -0.519. The van der Waals surface area contributed by atoms with E-state index in [1.165, 1.54) is 0 Å². The van der Waals surface area contributed by atoms with Crippen LogP contribution in [0.5, 0.6) is 0 Å². The quantitative estimate of drug-likeness (QED) is 0.853. The van der Waals surface area contributed by atoms with Gasteiger partial charge in [0, 0.05) is 10.5 Å². The fraction of sp³-hybridized carbons (Fsp3) is 0.600. The van der Waals surface area contributed by atoms with Crippen LogP contribution in [0.25, 0.3) is 0 Å².